The van der Waals surface area contributed by atoms with Crippen molar-refractivity contribution in [3.05, 3.63) is 101 Å². The molecule has 0 radical (unpaired) electrons. The van der Waals surface area contributed by atoms with E-state index in [0.717, 1.165) is 28.9 Å². The van der Waals surface area contributed by atoms with E-state index in [1.54, 1.807) is 35.0 Å². The summed E-state index contributed by atoms with van der Waals surface area (Å²) in [7, 11) is 0. The standard InChI is InChI=1S/C29H29F2N3O2/c1-3-15-32-27(35)26-19(5-4-6-24(26)31)11-13-29(36)14-12-21-16-25-20(17-28(21,29)2)18-33-34(25)23-9-7-22(30)8-10-23/h3-10,16,18,36H,1,11-15,17H2,2H3,(H,32,35)/t28-,29-/m0/s1. The molecule has 2 aliphatic carbocycles. The maximum absolute atomic E-state index is 14.6. The number of amides is 1. The maximum atomic E-state index is 14.6. The number of rotatable bonds is 7. The number of carbonyl (C=O) groups excluding carboxylic acids is 1. The number of carbonyl (C=O) groups is 1. The summed E-state index contributed by atoms with van der Waals surface area (Å²) in [6.07, 6.45) is 8.15. The SMILES string of the molecule is C=CCNC(=O)c1c(F)cccc1CC[C@]1(O)CCC2=Cc3c(cnn3-c3ccc(F)cc3)C[C@@]21C. The van der Waals surface area contributed by atoms with Crippen molar-refractivity contribution in [2.75, 3.05) is 6.54 Å². The third-order valence-electron chi connectivity index (χ3n) is 7.90. The number of fused-ring (bicyclic) bond motifs is 2. The zero-order valence-corrected chi connectivity index (χ0v) is 20.2. The highest BCUT2D eigenvalue weighted by molar-refractivity contribution is 5.96. The molecule has 1 saturated carbocycles. The van der Waals surface area contributed by atoms with Gasteiger partial charge in [0.15, 0.2) is 0 Å². The summed E-state index contributed by atoms with van der Waals surface area (Å²) in [4.78, 5) is 12.6. The Hall–Kier alpha value is -3.58. The predicted octanol–water partition coefficient (Wildman–Crippen LogP) is 5.17. The van der Waals surface area contributed by atoms with Crippen molar-refractivity contribution in [3.8, 4) is 5.69 Å². The number of nitrogens with zero attached hydrogens (tertiary/aromatic N) is 2. The van der Waals surface area contributed by atoms with Crippen molar-refractivity contribution in [1.29, 1.82) is 0 Å². The Morgan fingerprint density at radius 2 is 2.03 bits per heavy atom. The summed E-state index contributed by atoms with van der Waals surface area (Å²) in [5.41, 5.74) is 2.96. The van der Waals surface area contributed by atoms with Gasteiger partial charge in [0.25, 0.3) is 5.91 Å². The quantitative estimate of drug-likeness (QED) is 0.450. The molecule has 1 amide bonds. The lowest BCUT2D eigenvalue weighted by atomic mass is 9.65. The van der Waals surface area contributed by atoms with E-state index in [2.05, 4.69) is 30.0 Å². The van der Waals surface area contributed by atoms with Crippen LogP contribution in [0.25, 0.3) is 11.8 Å². The minimum absolute atomic E-state index is 0.0216. The first-order chi connectivity index (χ1) is 17.3. The van der Waals surface area contributed by atoms with Gasteiger partial charge in [-0.05, 0) is 79.6 Å². The second-order valence-corrected chi connectivity index (χ2v) is 9.93. The van der Waals surface area contributed by atoms with Gasteiger partial charge in [-0.2, -0.15) is 5.10 Å². The summed E-state index contributed by atoms with van der Waals surface area (Å²) in [5.74, 6) is -1.36. The van der Waals surface area contributed by atoms with Crippen LogP contribution in [0.2, 0.25) is 0 Å². The highest BCUT2D eigenvalue weighted by Gasteiger charge is 2.54. The third kappa shape index (κ3) is 3.97. The van der Waals surface area contributed by atoms with Gasteiger partial charge in [0.05, 0.1) is 28.7 Å². The van der Waals surface area contributed by atoms with E-state index in [1.807, 2.05) is 6.20 Å². The lowest BCUT2D eigenvalue weighted by Crippen LogP contribution is -2.45. The first-order valence-electron chi connectivity index (χ1n) is 12.2. The maximum Gasteiger partial charge on any atom is 0.254 e. The van der Waals surface area contributed by atoms with Gasteiger partial charge in [-0.15, -0.1) is 6.58 Å². The number of nitrogens with one attached hydrogen (secondary N) is 1. The largest absolute Gasteiger partial charge is 0.389 e. The summed E-state index contributed by atoms with van der Waals surface area (Å²) >= 11 is 0. The molecule has 0 saturated heterocycles. The highest BCUT2D eigenvalue weighted by atomic mass is 19.1. The van der Waals surface area contributed by atoms with Crippen molar-refractivity contribution in [3.63, 3.8) is 0 Å². The molecule has 3 aromatic rings. The van der Waals surface area contributed by atoms with E-state index in [0.29, 0.717) is 31.2 Å². The van der Waals surface area contributed by atoms with E-state index in [4.69, 9.17) is 0 Å². The Labute approximate surface area is 209 Å². The molecule has 7 heteroatoms. The van der Waals surface area contributed by atoms with Crippen LogP contribution in [-0.2, 0) is 12.8 Å². The fourth-order valence-electron chi connectivity index (χ4n) is 5.74. The topological polar surface area (TPSA) is 67.2 Å². The molecule has 36 heavy (non-hydrogen) atoms. The number of aromatic nitrogens is 2. The molecule has 1 heterocycles. The minimum Gasteiger partial charge on any atom is -0.389 e. The Morgan fingerprint density at radius 3 is 2.78 bits per heavy atom. The van der Waals surface area contributed by atoms with Crippen molar-refractivity contribution in [1.82, 2.24) is 15.1 Å². The van der Waals surface area contributed by atoms with E-state index in [1.165, 1.54) is 18.2 Å². The fourth-order valence-corrected chi connectivity index (χ4v) is 5.74. The molecule has 186 valence electrons. The number of hydrogen-bond donors (Lipinski definition) is 2. The Bertz CT molecular complexity index is 1360. The first kappa shape index (κ1) is 24.1. The van der Waals surface area contributed by atoms with Crippen LogP contribution < -0.4 is 5.32 Å². The van der Waals surface area contributed by atoms with Crippen molar-refractivity contribution < 1.29 is 18.7 Å². The van der Waals surface area contributed by atoms with E-state index in [-0.39, 0.29) is 17.9 Å². The Morgan fingerprint density at radius 1 is 1.25 bits per heavy atom. The molecular weight excluding hydrogens is 460 g/mol. The second-order valence-electron chi connectivity index (χ2n) is 9.93. The van der Waals surface area contributed by atoms with Crippen LogP contribution in [0.5, 0.6) is 0 Å². The van der Waals surface area contributed by atoms with Gasteiger partial charge in [0.2, 0.25) is 0 Å². The predicted molar refractivity (Wildman–Crippen MR) is 135 cm³/mol. The summed E-state index contributed by atoms with van der Waals surface area (Å²) in [6, 6.07) is 10.8. The van der Waals surface area contributed by atoms with Crippen LogP contribution in [-0.4, -0.2) is 32.9 Å². The van der Waals surface area contributed by atoms with E-state index in [9.17, 15) is 18.7 Å². The van der Waals surface area contributed by atoms with Gasteiger partial charge >= 0.3 is 0 Å². The number of halogens is 2. The van der Waals surface area contributed by atoms with Crippen LogP contribution >= 0.6 is 0 Å². The molecule has 1 fully saturated rings. The molecule has 0 spiro atoms. The molecule has 5 nitrogen and oxygen atoms in total. The fraction of sp³-hybridized carbons (Fsp3) is 0.310. The Kier molecular flexibility index (Phi) is 6.12. The van der Waals surface area contributed by atoms with Crippen LogP contribution in [0.15, 0.2) is 66.9 Å². The van der Waals surface area contributed by atoms with Crippen molar-refractivity contribution in [2.24, 2.45) is 5.41 Å². The lowest BCUT2D eigenvalue weighted by molar-refractivity contribution is -0.0462. The summed E-state index contributed by atoms with van der Waals surface area (Å²) < 4.78 is 29.8. The van der Waals surface area contributed by atoms with Gasteiger partial charge < -0.3 is 10.4 Å². The number of aliphatic hydroxyl groups is 1. The smallest absolute Gasteiger partial charge is 0.254 e. The molecule has 2 aliphatic rings. The van der Waals surface area contributed by atoms with Crippen molar-refractivity contribution >= 4 is 12.0 Å². The van der Waals surface area contributed by atoms with Gasteiger partial charge in [-0.3, -0.25) is 4.79 Å². The molecule has 1 aromatic heterocycles. The van der Waals surface area contributed by atoms with Gasteiger partial charge in [-0.1, -0.05) is 30.7 Å². The second kappa shape index (κ2) is 9.13. The zero-order chi connectivity index (χ0) is 25.5. The third-order valence-corrected chi connectivity index (χ3v) is 7.90. The zero-order valence-electron chi connectivity index (χ0n) is 20.2. The van der Waals surface area contributed by atoms with Crippen LogP contribution in [0.4, 0.5) is 8.78 Å². The summed E-state index contributed by atoms with van der Waals surface area (Å²) in [6.45, 7) is 5.91. The van der Waals surface area contributed by atoms with Crippen LogP contribution in [0.1, 0.15) is 53.4 Å². The molecule has 0 bridgehead atoms. The molecule has 0 aliphatic heterocycles. The Balaban J connectivity index is 1.40. The molecule has 5 rings (SSSR count). The normalized spacial score (nSPS) is 22.5. The van der Waals surface area contributed by atoms with Gasteiger partial charge in [0.1, 0.15) is 11.6 Å². The monoisotopic (exact) mass is 489 g/mol. The lowest BCUT2D eigenvalue weighted by Gasteiger charge is -2.42. The average Bonchev–Trinajstić information content (AvgIpc) is 3.38. The van der Waals surface area contributed by atoms with Gasteiger partial charge in [0, 0.05) is 12.0 Å². The van der Waals surface area contributed by atoms with E-state index < -0.39 is 22.7 Å². The summed E-state index contributed by atoms with van der Waals surface area (Å²) in [5, 5.41) is 19.1. The molecule has 0 unspecified atom stereocenters. The molecule has 2 aromatic carbocycles. The van der Waals surface area contributed by atoms with Crippen LogP contribution in [0.3, 0.4) is 0 Å². The van der Waals surface area contributed by atoms with Gasteiger partial charge in [-0.25, -0.2) is 13.5 Å². The molecule has 2 N–H and O–H groups in total. The number of benzene rings is 2. The molecular formula is C29H29F2N3O2. The van der Waals surface area contributed by atoms with E-state index >= 15 is 0 Å². The number of aryl methyl sites for hydroxylation is 1. The molecule has 2 atom stereocenters. The van der Waals surface area contributed by atoms with Crippen molar-refractivity contribution in [2.45, 2.75) is 44.6 Å². The van der Waals surface area contributed by atoms with Crippen LogP contribution in [0, 0.1) is 17.0 Å². The minimum atomic E-state index is -1.02. The highest BCUT2D eigenvalue weighted by Crippen LogP contribution is 2.56. The average molecular weight is 490 g/mol. The first-order valence-corrected chi connectivity index (χ1v) is 12.2. The number of hydrogen-bond acceptors (Lipinski definition) is 3.